The summed E-state index contributed by atoms with van der Waals surface area (Å²) in [6, 6.07) is 3.61. The standard InChI is InChI=1S/C16H21ClN2O4/c17-13-9-12(10-14-16(13)23-8-7-22-14)11-15(21)19-3-1-18(2-4-19)5-6-20/h9-10,20H,1-8,11H2. The first-order valence-electron chi connectivity index (χ1n) is 7.86. The number of hydrogen-bond donors (Lipinski definition) is 1. The first-order valence-corrected chi connectivity index (χ1v) is 8.24. The summed E-state index contributed by atoms with van der Waals surface area (Å²) in [6.45, 7) is 4.79. The van der Waals surface area contributed by atoms with Crippen molar-refractivity contribution in [1.82, 2.24) is 9.80 Å². The van der Waals surface area contributed by atoms with Crippen molar-refractivity contribution in [1.29, 1.82) is 0 Å². The van der Waals surface area contributed by atoms with Crippen LogP contribution in [0.25, 0.3) is 0 Å². The van der Waals surface area contributed by atoms with Gasteiger partial charge in [0.25, 0.3) is 0 Å². The number of nitrogens with zero attached hydrogens (tertiary/aromatic N) is 2. The van der Waals surface area contributed by atoms with E-state index in [2.05, 4.69) is 4.90 Å². The van der Waals surface area contributed by atoms with E-state index in [4.69, 9.17) is 26.2 Å². The van der Waals surface area contributed by atoms with Crippen molar-refractivity contribution < 1.29 is 19.4 Å². The summed E-state index contributed by atoms with van der Waals surface area (Å²) in [6.07, 6.45) is 0.302. The van der Waals surface area contributed by atoms with Gasteiger partial charge in [-0.25, -0.2) is 0 Å². The molecule has 0 saturated carbocycles. The molecule has 0 unspecified atom stereocenters. The summed E-state index contributed by atoms with van der Waals surface area (Å²) in [5.41, 5.74) is 0.835. The Kier molecular flexibility index (Phi) is 5.25. The van der Waals surface area contributed by atoms with E-state index < -0.39 is 0 Å². The molecular formula is C16H21ClN2O4. The molecule has 1 amide bonds. The van der Waals surface area contributed by atoms with E-state index >= 15 is 0 Å². The Morgan fingerprint density at radius 1 is 1.17 bits per heavy atom. The van der Waals surface area contributed by atoms with Gasteiger partial charge in [0.2, 0.25) is 5.91 Å². The van der Waals surface area contributed by atoms with Crippen LogP contribution in [-0.2, 0) is 11.2 Å². The van der Waals surface area contributed by atoms with E-state index in [-0.39, 0.29) is 12.5 Å². The lowest BCUT2D eigenvalue weighted by molar-refractivity contribution is -0.132. The molecule has 7 heteroatoms. The van der Waals surface area contributed by atoms with Crippen LogP contribution in [0.3, 0.4) is 0 Å². The van der Waals surface area contributed by atoms with Crippen molar-refractivity contribution >= 4 is 17.5 Å². The molecule has 0 spiro atoms. The Labute approximate surface area is 140 Å². The minimum Gasteiger partial charge on any atom is -0.486 e. The number of halogens is 1. The average molecular weight is 341 g/mol. The second-order valence-electron chi connectivity index (χ2n) is 5.72. The highest BCUT2D eigenvalue weighted by molar-refractivity contribution is 6.32. The maximum absolute atomic E-state index is 12.5. The quantitative estimate of drug-likeness (QED) is 0.878. The fourth-order valence-electron chi connectivity index (χ4n) is 2.92. The molecule has 126 valence electrons. The van der Waals surface area contributed by atoms with Crippen LogP contribution in [0, 0.1) is 0 Å². The van der Waals surface area contributed by atoms with Gasteiger partial charge in [-0.2, -0.15) is 0 Å². The number of rotatable bonds is 4. The third-order valence-corrected chi connectivity index (χ3v) is 4.43. The summed E-state index contributed by atoms with van der Waals surface area (Å²) in [7, 11) is 0. The van der Waals surface area contributed by atoms with E-state index in [9.17, 15) is 4.79 Å². The highest BCUT2D eigenvalue weighted by Crippen LogP contribution is 2.38. The normalized spacial score (nSPS) is 18.1. The van der Waals surface area contributed by atoms with Crippen molar-refractivity contribution in [2.45, 2.75) is 6.42 Å². The maximum Gasteiger partial charge on any atom is 0.227 e. The molecule has 2 heterocycles. The minimum atomic E-state index is 0.0846. The van der Waals surface area contributed by atoms with Crippen LogP contribution >= 0.6 is 11.6 Å². The van der Waals surface area contributed by atoms with Gasteiger partial charge in [0.05, 0.1) is 18.1 Å². The number of benzene rings is 1. The largest absolute Gasteiger partial charge is 0.486 e. The number of hydrogen-bond acceptors (Lipinski definition) is 5. The van der Waals surface area contributed by atoms with Crippen molar-refractivity contribution in [3.05, 3.63) is 22.7 Å². The predicted octanol–water partition coefficient (Wildman–Crippen LogP) is 0.790. The van der Waals surface area contributed by atoms with Crippen molar-refractivity contribution in [2.24, 2.45) is 0 Å². The molecule has 1 fully saturated rings. The molecule has 0 radical (unpaired) electrons. The summed E-state index contributed by atoms with van der Waals surface area (Å²) < 4.78 is 11.0. The SMILES string of the molecule is O=C(Cc1cc(Cl)c2c(c1)OCCO2)N1CCN(CCO)CC1. The molecular weight excluding hydrogens is 320 g/mol. The number of carbonyl (C=O) groups is 1. The van der Waals surface area contributed by atoms with Gasteiger partial charge >= 0.3 is 0 Å². The molecule has 0 atom stereocenters. The third-order valence-electron chi connectivity index (χ3n) is 4.15. The van der Waals surface area contributed by atoms with Crippen LogP contribution in [0.4, 0.5) is 0 Å². The fourth-order valence-corrected chi connectivity index (χ4v) is 3.20. The zero-order valence-corrected chi connectivity index (χ0v) is 13.7. The number of fused-ring (bicyclic) bond motifs is 1. The van der Waals surface area contributed by atoms with Crippen LogP contribution in [0.15, 0.2) is 12.1 Å². The molecule has 0 aliphatic carbocycles. The van der Waals surface area contributed by atoms with Gasteiger partial charge in [0, 0.05) is 32.7 Å². The molecule has 1 aromatic rings. The molecule has 1 N–H and O–H groups in total. The van der Waals surface area contributed by atoms with Gasteiger partial charge in [-0.1, -0.05) is 11.6 Å². The lowest BCUT2D eigenvalue weighted by Gasteiger charge is -2.34. The summed E-state index contributed by atoms with van der Waals surface area (Å²) in [4.78, 5) is 16.5. The van der Waals surface area contributed by atoms with Gasteiger partial charge < -0.3 is 19.5 Å². The average Bonchev–Trinajstić information content (AvgIpc) is 2.56. The number of aliphatic hydroxyl groups excluding tert-OH is 1. The van der Waals surface area contributed by atoms with E-state index in [1.807, 2.05) is 11.0 Å². The van der Waals surface area contributed by atoms with Crippen LogP contribution in [-0.4, -0.2) is 73.4 Å². The van der Waals surface area contributed by atoms with E-state index in [0.717, 1.165) is 18.7 Å². The van der Waals surface area contributed by atoms with Gasteiger partial charge in [0.15, 0.2) is 11.5 Å². The highest BCUT2D eigenvalue weighted by atomic mass is 35.5. The van der Waals surface area contributed by atoms with E-state index in [1.54, 1.807) is 6.07 Å². The topological polar surface area (TPSA) is 62.2 Å². The number of β-amino-alcohol motifs (C(OH)–C–C–N with tert-alkyl or cyclic N) is 1. The molecule has 3 rings (SSSR count). The Morgan fingerprint density at radius 3 is 2.65 bits per heavy atom. The highest BCUT2D eigenvalue weighted by Gasteiger charge is 2.22. The van der Waals surface area contributed by atoms with Gasteiger partial charge in [-0.3, -0.25) is 9.69 Å². The molecule has 1 saturated heterocycles. The first-order chi connectivity index (χ1) is 11.2. The molecule has 0 bridgehead atoms. The Bertz CT molecular complexity index is 573. The number of carbonyl (C=O) groups excluding carboxylic acids is 1. The lowest BCUT2D eigenvalue weighted by atomic mass is 10.1. The number of ether oxygens (including phenoxy) is 2. The zero-order chi connectivity index (χ0) is 16.2. The van der Waals surface area contributed by atoms with Gasteiger partial charge in [-0.15, -0.1) is 0 Å². The Morgan fingerprint density at radius 2 is 1.91 bits per heavy atom. The second kappa shape index (κ2) is 7.38. The number of piperazine rings is 1. The molecule has 1 aromatic carbocycles. The van der Waals surface area contributed by atoms with Gasteiger partial charge in [0.1, 0.15) is 13.2 Å². The lowest BCUT2D eigenvalue weighted by Crippen LogP contribution is -2.49. The number of amides is 1. The summed E-state index contributed by atoms with van der Waals surface area (Å²) in [5.74, 6) is 1.26. The second-order valence-corrected chi connectivity index (χ2v) is 6.13. The maximum atomic E-state index is 12.5. The van der Waals surface area contributed by atoms with Crippen LogP contribution < -0.4 is 9.47 Å². The van der Waals surface area contributed by atoms with Crippen molar-refractivity contribution in [3.63, 3.8) is 0 Å². The van der Waals surface area contributed by atoms with E-state index in [1.165, 1.54) is 0 Å². The minimum absolute atomic E-state index is 0.0846. The molecule has 2 aliphatic heterocycles. The van der Waals surface area contributed by atoms with E-state index in [0.29, 0.717) is 55.8 Å². The predicted molar refractivity (Wildman–Crippen MR) is 86.3 cm³/mol. The number of aliphatic hydroxyl groups is 1. The smallest absolute Gasteiger partial charge is 0.227 e. The zero-order valence-electron chi connectivity index (χ0n) is 13.0. The van der Waals surface area contributed by atoms with Crippen molar-refractivity contribution in [2.75, 3.05) is 52.5 Å². The molecule has 23 heavy (non-hydrogen) atoms. The summed E-state index contributed by atoms with van der Waals surface area (Å²) in [5, 5.41) is 9.44. The Hall–Kier alpha value is -1.50. The first kappa shape index (κ1) is 16.4. The monoisotopic (exact) mass is 340 g/mol. The van der Waals surface area contributed by atoms with Gasteiger partial charge in [-0.05, 0) is 17.7 Å². The molecule has 0 aromatic heterocycles. The van der Waals surface area contributed by atoms with Crippen molar-refractivity contribution in [3.8, 4) is 11.5 Å². The van der Waals surface area contributed by atoms with Crippen LogP contribution in [0.5, 0.6) is 11.5 Å². The van der Waals surface area contributed by atoms with Crippen LogP contribution in [0.2, 0.25) is 5.02 Å². The third kappa shape index (κ3) is 3.88. The van der Waals surface area contributed by atoms with Crippen LogP contribution in [0.1, 0.15) is 5.56 Å². The Balaban J connectivity index is 1.61. The summed E-state index contributed by atoms with van der Waals surface area (Å²) >= 11 is 6.21. The molecule has 2 aliphatic rings. The molecule has 6 nitrogen and oxygen atoms in total. The fraction of sp³-hybridized carbons (Fsp3) is 0.562.